The van der Waals surface area contributed by atoms with Crippen LogP contribution in [0.4, 0.5) is 5.82 Å². The summed E-state index contributed by atoms with van der Waals surface area (Å²) in [4.78, 5) is 8.45. The number of nitrogens with one attached hydrogen (secondary N) is 1. The molecule has 108 valence electrons. The predicted molar refractivity (Wildman–Crippen MR) is 86.9 cm³/mol. The zero-order chi connectivity index (χ0) is 14.9. The summed E-state index contributed by atoms with van der Waals surface area (Å²) in [6.07, 6.45) is 1.49. The highest BCUT2D eigenvalue weighted by atomic mass is 35.5. The van der Waals surface area contributed by atoms with Crippen molar-refractivity contribution in [2.24, 2.45) is 0 Å². The van der Waals surface area contributed by atoms with Gasteiger partial charge in [0.15, 0.2) is 0 Å². The van der Waals surface area contributed by atoms with Crippen molar-refractivity contribution >= 4 is 39.7 Å². The van der Waals surface area contributed by atoms with Crippen LogP contribution in [-0.4, -0.2) is 21.6 Å². The number of rotatable bonds is 4. The Morgan fingerprint density at radius 3 is 2.95 bits per heavy atom. The number of anilines is 1. The van der Waals surface area contributed by atoms with Gasteiger partial charge in [-0.15, -0.1) is 0 Å². The minimum absolute atomic E-state index is 0.360. The number of hydrogen-bond donors (Lipinski definition) is 2. The van der Waals surface area contributed by atoms with E-state index in [9.17, 15) is 5.11 Å². The van der Waals surface area contributed by atoms with E-state index in [4.69, 9.17) is 11.6 Å². The molecule has 2 heterocycles. The van der Waals surface area contributed by atoms with Crippen LogP contribution in [0.15, 0.2) is 41.4 Å². The third-order valence-electron chi connectivity index (χ3n) is 3.34. The van der Waals surface area contributed by atoms with Crippen molar-refractivity contribution in [3.05, 3.63) is 51.9 Å². The first-order valence-electron chi connectivity index (χ1n) is 6.45. The first kappa shape index (κ1) is 14.3. The maximum absolute atomic E-state index is 10.5. The quantitative estimate of drug-likeness (QED) is 0.770. The van der Waals surface area contributed by atoms with Gasteiger partial charge >= 0.3 is 0 Å². The standard InChI is InChI=1S/C15H14ClN3OS/c1-15(20,10-4-5-21-7-10)8-17-14-12-3-2-11(16)6-13(12)18-9-19-14/h2-7,9,20H,8H2,1H3,(H,17,18,19). The van der Waals surface area contributed by atoms with E-state index >= 15 is 0 Å². The lowest BCUT2D eigenvalue weighted by atomic mass is 9.99. The van der Waals surface area contributed by atoms with Gasteiger partial charge in [0.05, 0.1) is 5.52 Å². The van der Waals surface area contributed by atoms with Gasteiger partial charge in [0.2, 0.25) is 0 Å². The fourth-order valence-electron chi connectivity index (χ4n) is 2.10. The molecule has 0 aliphatic rings. The van der Waals surface area contributed by atoms with E-state index in [2.05, 4.69) is 15.3 Å². The van der Waals surface area contributed by atoms with E-state index in [1.807, 2.05) is 22.9 Å². The summed E-state index contributed by atoms with van der Waals surface area (Å²) < 4.78 is 0. The predicted octanol–water partition coefficient (Wildman–Crippen LogP) is 3.66. The average molecular weight is 320 g/mol. The van der Waals surface area contributed by atoms with E-state index in [0.29, 0.717) is 17.4 Å². The molecule has 1 atom stereocenters. The molecule has 2 N–H and O–H groups in total. The lowest BCUT2D eigenvalue weighted by Crippen LogP contribution is -2.30. The summed E-state index contributed by atoms with van der Waals surface area (Å²) in [6, 6.07) is 7.39. The molecule has 0 bridgehead atoms. The molecule has 2 aromatic heterocycles. The molecular weight excluding hydrogens is 306 g/mol. The number of aromatic nitrogens is 2. The minimum atomic E-state index is -0.955. The van der Waals surface area contributed by atoms with Gasteiger partial charge in [-0.3, -0.25) is 0 Å². The van der Waals surface area contributed by atoms with Gasteiger partial charge < -0.3 is 10.4 Å². The summed E-state index contributed by atoms with van der Waals surface area (Å²) >= 11 is 7.53. The maximum atomic E-state index is 10.5. The molecule has 0 spiro atoms. The highest BCUT2D eigenvalue weighted by molar-refractivity contribution is 7.08. The molecular formula is C15H14ClN3OS. The first-order valence-corrected chi connectivity index (χ1v) is 7.77. The molecule has 0 saturated carbocycles. The molecule has 0 aliphatic carbocycles. The number of thiophene rings is 1. The van der Waals surface area contributed by atoms with Crippen molar-refractivity contribution in [1.29, 1.82) is 0 Å². The normalized spacial score (nSPS) is 14.0. The number of hydrogen-bond acceptors (Lipinski definition) is 5. The summed E-state index contributed by atoms with van der Waals surface area (Å²) in [5, 5.41) is 19.1. The molecule has 6 heteroatoms. The van der Waals surface area contributed by atoms with Crippen LogP contribution in [0, 0.1) is 0 Å². The number of fused-ring (bicyclic) bond motifs is 1. The Bertz CT molecular complexity index is 759. The Balaban J connectivity index is 1.86. The van der Waals surface area contributed by atoms with Gasteiger partial charge in [-0.2, -0.15) is 11.3 Å². The number of benzene rings is 1. The molecule has 21 heavy (non-hydrogen) atoms. The molecule has 3 aromatic rings. The monoisotopic (exact) mass is 319 g/mol. The fourth-order valence-corrected chi connectivity index (χ4v) is 3.05. The minimum Gasteiger partial charge on any atom is -0.384 e. The molecule has 3 rings (SSSR count). The van der Waals surface area contributed by atoms with Gasteiger partial charge in [-0.25, -0.2) is 9.97 Å². The highest BCUT2D eigenvalue weighted by Gasteiger charge is 2.23. The summed E-state index contributed by atoms with van der Waals surface area (Å²) in [7, 11) is 0. The van der Waals surface area contributed by atoms with Gasteiger partial charge in [0.1, 0.15) is 17.7 Å². The molecule has 4 nitrogen and oxygen atoms in total. The number of nitrogens with zero attached hydrogens (tertiary/aromatic N) is 2. The topological polar surface area (TPSA) is 58.0 Å². The maximum Gasteiger partial charge on any atom is 0.137 e. The first-order chi connectivity index (χ1) is 10.1. The van der Waals surface area contributed by atoms with Crippen molar-refractivity contribution in [3.8, 4) is 0 Å². The smallest absolute Gasteiger partial charge is 0.137 e. The Morgan fingerprint density at radius 2 is 2.19 bits per heavy atom. The Kier molecular flexibility index (Phi) is 3.80. The SMILES string of the molecule is CC(O)(CNc1ncnc2cc(Cl)ccc12)c1ccsc1. The number of halogens is 1. The molecule has 0 saturated heterocycles. The Hall–Kier alpha value is -1.69. The summed E-state index contributed by atoms with van der Waals surface area (Å²) in [5.41, 5.74) is 0.709. The Morgan fingerprint density at radius 1 is 1.33 bits per heavy atom. The number of aliphatic hydroxyl groups is 1. The summed E-state index contributed by atoms with van der Waals surface area (Å²) in [5.74, 6) is 0.687. The third-order valence-corrected chi connectivity index (χ3v) is 4.26. The largest absolute Gasteiger partial charge is 0.384 e. The van der Waals surface area contributed by atoms with Crippen molar-refractivity contribution in [3.63, 3.8) is 0 Å². The van der Waals surface area contributed by atoms with Crippen LogP contribution in [0.5, 0.6) is 0 Å². The van der Waals surface area contributed by atoms with Crippen molar-refractivity contribution in [2.45, 2.75) is 12.5 Å². The summed E-state index contributed by atoms with van der Waals surface area (Å²) in [6.45, 7) is 2.14. The van der Waals surface area contributed by atoms with Gasteiger partial charge in [-0.05, 0) is 47.5 Å². The molecule has 0 aliphatic heterocycles. The molecule has 1 unspecified atom stereocenters. The van der Waals surface area contributed by atoms with Crippen LogP contribution >= 0.6 is 22.9 Å². The van der Waals surface area contributed by atoms with Gasteiger partial charge in [0.25, 0.3) is 0 Å². The van der Waals surface area contributed by atoms with Crippen LogP contribution in [0.2, 0.25) is 5.02 Å². The fraction of sp³-hybridized carbons (Fsp3) is 0.200. The second-order valence-electron chi connectivity index (χ2n) is 5.02. The zero-order valence-electron chi connectivity index (χ0n) is 11.4. The molecule has 0 fully saturated rings. The second-order valence-corrected chi connectivity index (χ2v) is 6.24. The average Bonchev–Trinajstić information content (AvgIpc) is 2.99. The Labute approximate surface area is 131 Å². The van der Waals surface area contributed by atoms with E-state index in [1.165, 1.54) is 6.33 Å². The highest BCUT2D eigenvalue weighted by Crippen LogP contribution is 2.26. The van der Waals surface area contributed by atoms with Crippen LogP contribution in [0.25, 0.3) is 10.9 Å². The van der Waals surface area contributed by atoms with E-state index < -0.39 is 5.60 Å². The van der Waals surface area contributed by atoms with Crippen LogP contribution < -0.4 is 5.32 Å². The lowest BCUT2D eigenvalue weighted by molar-refractivity contribution is 0.0719. The van der Waals surface area contributed by atoms with E-state index in [1.54, 1.807) is 30.4 Å². The van der Waals surface area contributed by atoms with Gasteiger partial charge in [-0.1, -0.05) is 11.6 Å². The van der Waals surface area contributed by atoms with E-state index in [0.717, 1.165) is 16.5 Å². The lowest BCUT2D eigenvalue weighted by Gasteiger charge is -2.23. The van der Waals surface area contributed by atoms with Gasteiger partial charge in [0, 0.05) is 17.0 Å². The van der Waals surface area contributed by atoms with Crippen molar-refractivity contribution in [2.75, 3.05) is 11.9 Å². The molecule has 1 aromatic carbocycles. The molecule has 0 radical (unpaired) electrons. The van der Waals surface area contributed by atoms with Crippen LogP contribution in [0.1, 0.15) is 12.5 Å². The molecule has 0 amide bonds. The second kappa shape index (κ2) is 5.60. The van der Waals surface area contributed by atoms with Crippen LogP contribution in [0.3, 0.4) is 0 Å². The van der Waals surface area contributed by atoms with Crippen molar-refractivity contribution in [1.82, 2.24) is 9.97 Å². The van der Waals surface area contributed by atoms with Crippen LogP contribution in [-0.2, 0) is 5.60 Å². The zero-order valence-corrected chi connectivity index (χ0v) is 12.9. The van der Waals surface area contributed by atoms with E-state index in [-0.39, 0.29) is 0 Å². The third kappa shape index (κ3) is 3.00. The van der Waals surface area contributed by atoms with Crippen molar-refractivity contribution < 1.29 is 5.11 Å².